The number of piperidine rings is 1. The number of carbonyl (C=O) groups excluding carboxylic acids is 2. The predicted octanol–water partition coefficient (Wildman–Crippen LogP) is 3.23. The molecule has 0 bridgehead atoms. The molecule has 2 fully saturated rings. The zero-order valence-corrected chi connectivity index (χ0v) is 26.0. The van der Waals surface area contributed by atoms with E-state index in [9.17, 15) is 18.0 Å². The van der Waals surface area contributed by atoms with E-state index in [0.717, 1.165) is 44.6 Å². The molecule has 12 heteroatoms. The van der Waals surface area contributed by atoms with Gasteiger partial charge in [-0.25, -0.2) is 9.78 Å². The summed E-state index contributed by atoms with van der Waals surface area (Å²) in [6.07, 6.45) is 2.22. The number of likely N-dealkylation sites (N-methyl/N-ethyl adjacent to an activating group) is 1. The summed E-state index contributed by atoms with van der Waals surface area (Å²) in [6.45, 7) is 6.77. The SMILES string of the molecule is COc1ccccc1C1(OC(=O)N2CCC(N3CCN(C)CC3)CC2)C(=O)N(S(=O)(=O)c2ccccn2)c2ccc(C)cc21. The average Bonchev–Trinajstić information content (AvgIpc) is 3.29. The van der Waals surface area contributed by atoms with E-state index in [1.54, 1.807) is 53.4 Å². The normalized spacial score (nSPS) is 21.8. The van der Waals surface area contributed by atoms with Crippen LogP contribution in [-0.2, 0) is 25.2 Å². The van der Waals surface area contributed by atoms with Crippen LogP contribution in [0.25, 0.3) is 0 Å². The second-order valence-corrected chi connectivity index (χ2v) is 13.3. The second-order valence-electron chi connectivity index (χ2n) is 11.6. The van der Waals surface area contributed by atoms with Gasteiger partial charge in [0, 0.05) is 57.1 Å². The Hall–Kier alpha value is -4.00. The summed E-state index contributed by atoms with van der Waals surface area (Å²) in [5.41, 5.74) is -0.789. The van der Waals surface area contributed by atoms with Crippen LogP contribution in [0.4, 0.5) is 10.5 Å². The number of methoxy groups -OCH3 is 1. The fraction of sp³-hybridized carbons (Fsp3) is 0.406. The average molecular weight is 620 g/mol. The summed E-state index contributed by atoms with van der Waals surface area (Å²) in [4.78, 5) is 39.2. The second kappa shape index (κ2) is 11.8. The van der Waals surface area contributed by atoms with E-state index in [-0.39, 0.29) is 27.6 Å². The molecule has 11 nitrogen and oxygen atoms in total. The summed E-state index contributed by atoms with van der Waals surface area (Å²) in [5, 5.41) is -0.298. The fourth-order valence-corrected chi connectivity index (χ4v) is 7.85. The summed E-state index contributed by atoms with van der Waals surface area (Å²) in [6, 6.07) is 16.5. The molecule has 232 valence electrons. The van der Waals surface area contributed by atoms with Crippen LogP contribution in [-0.4, -0.2) is 99.6 Å². The van der Waals surface area contributed by atoms with E-state index < -0.39 is 27.6 Å². The van der Waals surface area contributed by atoms with Crippen molar-refractivity contribution in [1.29, 1.82) is 0 Å². The van der Waals surface area contributed by atoms with Crippen LogP contribution in [0.5, 0.6) is 5.75 Å². The van der Waals surface area contributed by atoms with Crippen LogP contribution in [0.1, 0.15) is 29.5 Å². The maximum absolute atomic E-state index is 14.7. The minimum Gasteiger partial charge on any atom is -0.496 e. The Bertz CT molecular complexity index is 1650. The van der Waals surface area contributed by atoms with Crippen LogP contribution >= 0.6 is 0 Å². The van der Waals surface area contributed by atoms with Gasteiger partial charge in [0.1, 0.15) is 5.75 Å². The number of para-hydroxylation sites is 1. The van der Waals surface area contributed by atoms with Crippen molar-refractivity contribution in [2.24, 2.45) is 0 Å². The maximum atomic E-state index is 14.7. The number of hydrogen-bond acceptors (Lipinski definition) is 9. The van der Waals surface area contributed by atoms with Crippen molar-refractivity contribution in [2.75, 3.05) is 57.7 Å². The molecule has 0 aliphatic carbocycles. The number of anilines is 1. The molecule has 0 spiro atoms. The van der Waals surface area contributed by atoms with Crippen molar-refractivity contribution in [3.05, 3.63) is 83.6 Å². The summed E-state index contributed by atoms with van der Waals surface area (Å²) < 4.78 is 40.7. The lowest BCUT2D eigenvalue weighted by molar-refractivity contribution is -0.132. The number of fused-ring (bicyclic) bond motifs is 1. The molecule has 1 unspecified atom stereocenters. The Morgan fingerprint density at radius 3 is 2.32 bits per heavy atom. The molecule has 0 saturated carbocycles. The molecular formula is C32H37N5O6S. The molecule has 6 rings (SSSR count). The molecule has 3 aromatic rings. The van der Waals surface area contributed by atoms with Crippen molar-refractivity contribution in [3.63, 3.8) is 0 Å². The lowest BCUT2D eigenvalue weighted by atomic mass is 9.85. The Morgan fingerprint density at radius 2 is 1.64 bits per heavy atom. The standard InChI is InChI=1S/C32H37N5O6S/c1-23-11-12-27-26(22-23)32(25-8-4-5-9-28(25)42-3,30(38)37(27)44(40,41)29-10-6-7-15-33-29)43-31(39)36-16-13-24(14-17-36)35-20-18-34(2)19-21-35/h4-12,15,22,24H,13-14,16-21H2,1-3H3. The molecule has 3 aliphatic heterocycles. The number of sulfonamides is 1. The van der Waals surface area contributed by atoms with E-state index in [0.29, 0.717) is 23.4 Å². The first-order chi connectivity index (χ1) is 21.2. The summed E-state index contributed by atoms with van der Waals surface area (Å²) in [7, 11) is -0.899. The summed E-state index contributed by atoms with van der Waals surface area (Å²) in [5.74, 6) is -0.652. The molecule has 3 aliphatic rings. The molecule has 2 aromatic carbocycles. The third-order valence-electron chi connectivity index (χ3n) is 8.88. The van der Waals surface area contributed by atoms with E-state index in [4.69, 9.17) is 9.47 Å². The lowest BCUT2D eigenvalue weighted by Crippen LogP contribution is -2.54. The van der Waals surface area contributed by atoms with Gasteiger partial charge in [-0.15, -0.1) is 0 Å². The molecule has 2 saturated heterocycles. The van der Waals surface area contributed by atoms with E-state index in [1.807, 2.05) is 6.92 Å². The number of aryl methyl sites for hydroxylation is 1. The van der Waals surface area contributed by atoms with Gasteiger partial charge < -0.3 is 19.3 Å². The van der Waals surface area contributed by atoms with Gasteiger partial charge in [0.2, 0.25) is 5.60 Å². The quantitative estimate of drug-likeness (QED) is 0.411. The molecular weight excluding hydrogens is 582 g/mol. The molecule has 1 aromatic heterocycles. The van der Waals surface area contributed by atoms with Gasteiger partial charge >= 0.3 is 6.09 Å². The molecule has 0 N–H and O–H groups in total. The number of ether oxygens (including phenoxy) is 2. The molecule has 1 atom stereocenters. The fourth-order valence-electron chi connectivity index (χ4n) is 6.45. The van der Waals surface area contributed by atoms with Gasteiger partial charge in [-0.2, -0.15) is 12.7 Å². The first-order valence-corrected chi connectivity index (χ1v) is 16.3. The number of rotatable bonds is 6. The van der Waals surface area contributed by atoms with Gasteiger partial charge in [-0.3, -0.25) is 9.69 Å². The van der Waals surface area contributed by atoms with Crippen LogP contribution < -0.4 is 9.04 Å². The van der Waals surface area contributed by atoms with Crippen molar-refractivity contribution in [2.45, 2.75) is 36.4 Å². The van der Waals surface area contributed by atoms with Crippen molar-refractivity contribution in [1.82, 2.24) is 19.7 Å². The van der Waals surface area contributed by atoms with Gasteiger partial charge in [-0.1, -0.05) is 35.9 Å². The zero-order valence-electron chi connectivity index (χ0n) is 25.2. The number of pyridine rings is 1. The Balaban J connectivity index is 1.40. The third-order valence-corrected chi connectivity index (χ3v) is 10.5. The number of piperazine rings is 1. The number of likely N-dealkylation sites (tertiary alicyclic amines) is 1. The van der Waals surface area contributed by atoms with Gasteiger partial charge in [0.05, 0.1) is 18.4 Å². The molecule has 0 radical (unpaired) electrons. The Labute approximate surface area is 258 Å². The highest BCUT2D eigenvalue weighted by Gasteiger charge is 2.61. The topological polar surface area (TPSA) is 113 Å². The van der Waals surface area contributed by atoms with E-state index >= 15 is 0 Å². The number of aromatic nitrogens is 1. The third kappa shape index (κ3) is 5.10. The van der Waals surface area contributed by atoms with Crippen LogP contribution in [0.3, 0.4) is 0 Å². The van der Waals surface area contributed by atoms with Crippen molar-refractivity contribution < 1.29 is 27.5 Å². The minimum atomic E-state index is -4.48. The number of nitrogens with zero attached hydrogens (tertiary/aromatic N) is 5. The number of benzene rings is 2. The molecule has 2 amide bonds. The Kier molecular flexibility index (Phi) is 8.08. The minimum absolute atomic E-state index is 0.0960. The van der Waals surface area contributed by atoms with Gasteiger partial charge in [0.25, 0.3) is 15.9 Å². The molecule has 44 heavy (non-hydrogen) atoms. The Morgan fingerprint density at radius 1 is 0.932 bits per heavy atom. The summed E-state index contributed by atoms with van der Waals surface area (Å²) >= 11 is 0. The van der Waals surface area contributed by atoms with Gasteiger partial charge in [0.15, 0.2) is 5.03 Å². The monoisotopic (exact) mass is 619 g/mol. The van der Waals surface area contributed by atoms with Gasteiger partial charge in [-0.05, 0) is 57.1 Å². The van der Waals surface area contributed by atoms with E-state index in [2.05, 4.69) is 21.8 Å². The van der Waals surface area contributed by atoms with Crippen molar-refractivity contribution in [3.8, 4) is 5.75 Å². The van der Waals surface area contributed by atoms with E-state index in [1.165, 1.54) is 25.4 Å². The number of amides is 2. The lowest BCUT2D eigenvalue weighted by Gasteiger charge is -2.42. The first kappa shape index (κ1) is 30.0. The zero-order chi connectivity index (χ0) is 31.1. The number of carbonyl (C=O) groups is 2. The van der Waals surface area contributed by atoms with Crippen LogP contribution in [0.2, 0.25) is 0 Å². The highest BCUT2D eigenvalue weighted by molar-refractivity contribution is 7.93. The van der Waals surface area contributed by atoms with Crippen LogP contribution in [0, 0.1) is 6.92 Å². The number of hydrogen-bond donors (Lipinski definition) is 0. The maximum Gasteiger partial charge on any atom is 0.411 e. The predicted molar refractivity (Wildman–Crippen MR) is 164 cm³/mol. The highest BCUT2D eigenvalue weighted by Crippen LogP contribution is 2.51. The smallest absolute Gasteiger partial charge is 0.411 e. The highest BCUT2D eigenvalue weighted by atomic mass is 32.2. The molecule has 4 heterocycles. The van der Waals surface area contributed by atoms with Crippen molar-refractivity contribution >= 4 is 27.7 Å². The van der Waals surface area contributed by atoms with Crippen LogP contribution in [0.15, 0.2) is 71.9 Å². The largest absolute Gasteiger partial charge is 0.496 e. The first-order valence-electron chi connectivity index (χ1n) is 14.8.